The van der Waals surface area contributed by atoms with Crippen molar-refractivity contribution in [3.05, 3.63) is 6.42 Å². The molecule has 0 saturated carbocycles. The third-order valence-electron chi connectivity index (χ3n) is 1.01. The van der Waals surface area contributed by atoms with Crippen molar-refractivity contribution in [1.29, 1.82) is 0 Å². The molecular weight excluding hydrogens is 116 g/mol. The SMILES string of the molecule is CCC(=O)C[CH]C(C)=O. The molecule has 0 bridgehead atoms. The third-order valence-corrected chi connectivity index (χ3v) is 1.01. The predicted octanol–water partition coefficient (Wildman–Crippen LogP) is 1.15. The molecule has 0 heterocycles. The van der Waals surface area contributed by atoms with Gasteiger partial charge in [-0.1, -0.05) is 6.92 Å². The fourth-order valence-corrected chi connectivity index (χ4v) is 0.402. The molecule has 2 heteroatoms. The summed E-state index contributed by atoms with van der Waals surface area (Å²) in [5.74, 6) is 0.0852. The number of ketones is 2. The van der Waals surface area contributed by atoms with Crippen molar-refractivity contribution >= 4 is 11.6 Å². The van der Waals surface area contributed by atoms with Crippen LogP contribution >= 0.6 is 0 Å². The summed E-state index contributed by atoms with van der Waals surface area (Å²) in [5.41, 5.74) is 0. The Labute approximate surface area is 55.3 Å². The number of hydrogen-bond acceptors (Lipinski definition) is 2. The molecule has 0 unspecified atom stereocenters. The highest BCUT2D eigenvalue weighted by Crippen LogP contribution is 1.92. The lowest BCUT2D eigenvalue weighted by Crippen LogP contribution is -1.99. The summed E-state index contributed by atoms with van der Waals surface area (Å²) in [5, 5.41) is 0. The average molecular weight is 127 g/mol. The number of Topliss-reactive ketones (excluding diaryl/α,β-unsaturated/α-hetero) is 2. The molecule has 1 radical (unpaired) electrons. The Morgan fingerprint density at radius 2 is 2.00 bits per heavy atom. The summed E-state index contributed by atoms with van der Waals surface area (Å²) in [6.07, 6.45) is 2.22. The fourth-order valence-electron chi connectivity index (χ4n) is 0.402. The minimum Gasteiger partial charge on any atom is -0.300 e. The zero-order chi connectivity index (χ0) is 7.28. The summed E-state index contributed by atoms with van der Waals surface area (Å²) < 4.78 is 0. The van der Waals surface area contributed by atoms with Gasteiger partial charge in [0.25, 0.3) is 0 Å². The summed E-state index contributed by atoms with van der Waals surface area (Å²) in [7, 11) is 0. The highest BCUT2D eigenvalue weighted by molar-refractivity contribution is 5.91. The lowest BCUT2D eigenvalue weighted by molar-refractivity contribution is -0.120. The zero-order valence-electron chi connectivity index (χ0n) is 5.81. The first-order valence-corrected chi connectivity index (χ1v) is 3.02. The van der Waals surface area contributed by atoms with E-state index >= 15 is 0 Å². The molecule has 2 nitrogen and oxygen atoms in total. The van der Waals surface area contributed by atoms with Crippen LogP contribution in [0.25, 0.3) is 0 Å². The molecule has 0 N–H and O–H groups in total. The lowest BCUT2D eigenvalue weighted by atomic mass is 10.1. The standard InChI is InChI=1S/C7H11O2/c1-3-7(9)5-4-6(2)8/h4H,3,5H2,1-2H3. The third kappa shape index (κ3) is 5.21. The van der Waals surface area contributed by atoms with E-state index < -0.39 is 0 Å². The van der Waals surface area contributed by atoms with E-state index in [0.717, 1.165) is 0 Å². The van der Waals surface area contributed by atoms with E-state index in [0.29, 0.717) is 12.8 Å². The first kappa shape index (κ1) is 8.34. The summed E-state index contributed by atoms with van der Waals surface area (Å²) in [6.45, 7) is 3.24. The molecule has 0 saturated heterocycles. The normalized spacial score (nSPS) is 9.11. The van der Waals surface area contributed by atoms with E-state index in [4.69, 9.17) is 0 Å². The second-order valence-corrected chi connectivity index (χ2v) is 1.91. The molecule has 0 aliphatic carbocycles. The molecule has 51 valence electrons. The van der Waals surface area contributed by atoms with Crippen molar-refractivity contribution in [2.24, 2.45) is 0 Å². The molecule has 0 aromatic heterocycles. The van der Waals surface area contributed by atoms with Crippen molar-refractivity contribution in [3.8, 4) is 0 Å². The maximum atomic E-state index is 10.5. The van der Waals surface area contributed by atoms with E-state index in [9.17, 15) is 9.59 Å². The van der Waals surface area contributed by atoms with Crippen molar-refractivity contribution in [3.63, 3.8) is 0 Å². The van der Waals surface area contributed by atoms with Gasteiger partial charge in [-0.05, 0) is 6.92 Å². The van der Waals surface area contributed by atoms with Gasteiger partial charge in [0.05, 0.1) is 0 Å². The Morgan fingerprint density at radius 3 is 2.33 bits per heavy atom. The predicted molar refractivity (Wildman–Crippen MR) is 34.9 cm³/mol. The molecule has 0 spiro atoms. The molecule has 0 atom stereocenters. The van der Waals surface area contributed by atoms with Crippen LogP contribution in [0.5, 0.6) is 0 Å². The van der Waals surface area contributed by atoms with Crippen LogP contribution in [0.4, 0.5) is 0 Å². The van der Waals surface area contributed by atoms with Crippen molar-refractivity contribution < 1.29 is 9.59 Å². The molecule has 0 amide bonds. The van der Waals surface area contributed by atoms with Crippen molar-refractivity contribution in [2.45, 2.75) is 26.7 Å². The van der Waals surface area contributed by atoms with Gasteiger partial charge in [0, 0.05) is 19.3 Å². The van der Waals surface area contributed by atoms with Gasteiger partial charge in [0.15, 0.2) is 0 Å². The quantitative estimate of drug-likeness (QED) is 0.567. The van der Waals surface area contributed by atoms with Crippen LogP contribution in [0.1, 0.15) is 26.7 Å². The minimum absolute atomic E-state index is 0.0307. The van der Waals surface area contributed by atoms with E-state index in [2.05, 4.69) is 0 Å². The number of carbonyl (C=O) groups excluding carboxylic acids is 2. The van der Waals surface area contributed by atoms with Crippen LogP contribution in [0, 0.1) is 6.42 Å². The summed E-state index contributed by atoms with van der Waals surface area (Å²) in [6, 6.07) is 0. The Morgan fingerprint density at radius 1 is 1.44 bits per heavy atom. The molecule has 0 rings (SSSR count). The summed E-state index contributed by atoms with van der Waals surface area (Å²) in [4.78, 5) is 20.8. The van der Waals surface area contributed by atoms with E-state index in [-0.39, 0.29) is 11.6 Å². The molecule has 0 aliphatic rings. The highest BCUT2D eigenvalue weighted by Gasteiger charge is 1.99. The van der Waals surface area contributed by atoms with Crippen LogP contribution < -0.4 is 0 Å². The van der Waals surface area contributed by atoms with E-state index in [1.807, 2.05) is 0 Å². The maximum absolute atomic E-state index is 10.5. The Balaban J connectivity index is 3.28. The largest absolute Gasteiger partial charge is 0.300 e. The zero-order valence-corrected chi connectivity index (χ0v) is 5.81. The number of carbonyl (C=O) groups is 2. The van der Waals surface area contributed by atoms with Crippen LogP contribution in [0.3, 0.4) is 0 Å². The molecule has 0 aromatic rings. The number of rotatable bonds is 4. The average Bonchev–Trinajstić information content (AvgIpc) is 1.83. The summed E-state index contributed by atoms with van der Waals surface area (Å²) >= 11 is 0. The molecular formula is C7H11O2. The molecule has 0 aliphatic heterocycles. The molecule has 0 aromatic carbocycles. The van der Waals surface area contributed by atoms with Crippen LogP contribution in [0.2, 0.25) is 0 Å². The van der Waals surface area contributed by atoms with Gasteiger partial charge in [-0.25, -0.2) is 0 Å². The smallest absolute Gasteiger partial charge is 0.134 e. The van der Waals surface area contributed by atoms with Crippen LogP contribution in [-0.2, 0) is 9.59 Å². The van der Waals surface area contributed by atoms with Gasteiger partial charge < -0.3 is 0 Å². The van der Waals surface area contributed by atoms with Crippen molar-refractivity contribution in [2.75, 3.05) is 0 Å². The second kappa shape index (κ2) is 4.24. The van der Waals surface area contributed by atoms with Gasteiger partial charge in [0.2, 0.25) is 0 Å². The van der Waals surface area contributed by atoms with Crippen LogP contribution in [0.15, 0.2) is 0 Å². The molecule has 0 fully saturated rings. The van der Waals surface area contributed by atoms with Gasteiger partial charge in [0.1, 0.15) is 11.6 Å². The number of hydrogen-bond donors (Lipinski definition) is 0. The van der Waals surface area contributed by atoms with Crippen molar-refractivity contribution in [1.82, 2.24) is 0 Å². The van der Waals surface area contributed by atoms with E-state index in [1.54, 1.807) is 6.92 Å². The van der Waals surface area contributed by atoms with Gasteiger partial charge in [-0.2, -0.15) is 0 Å². The van der Waals surface area contributed by atoms with Crippen LogP contribution in [-0.4, -0.2) is 11.6 Å². The second-order valence-electron chi connectivity index (χ2n) is 1.91. The first-order valence-electron chi connectivity index (χ1n) is 3.02. The Kier molecular flexibility index (Phi) is 3.93. The van der Waals surface area contributed by atoms with Gasteiger partial charge >= 0.3 is 0 Å². The first-order chi connectivity index (χ1) is 4.16. The van der Waals surface area contributed by atoms with E-state index in [1.165, 1.54) is 13.3 Å². The van der Waals surface area contributed by atoms with Gasteiger partial charge in [-0.15, -0.1) is 0 Å². The monoisotopic (exact) mass is 127 g/mol. The highest BCUT2D eigenvalue weighted by atomic mass is 16.1. The minimum atomic E-state index is -0.0307. The lowest BCUT2D eigenvalue weighted by Gasteiger charge is -1.90. The fraction of sp³-hybridized carbons (Fsp3) is 0.571. The molecule has 9 heavy (non-hydrogen) atoms. The maximum Gasteiger partial charge on any atom is 0.134 e. The Hall–Kier alpha value is -0.660. The Bertz CT molecular complexity index is 116. The topological polar surface area (TPSA) is 34.1 Å². The van der Waals surface area contributed by atoms with Gasteiger partial charge in [-0.3, -0.25) is 9.59 Å².